The second kappa shape index (κ2) is 5.22. The average Bonchev–Trinajstić information content (AvgIpc) is 2.26. The topological polar surface area (TPSA) is 73.9 Å². The molecule has 100 valence electrons. The molecule has 1 aromatic heterocycles. The highest BCUT2D eigenvalue weighted by atomic mass is 16.5. The van der Waals surface area contributed by atoms with E-state index >= 15 is 0 Å². The van der Waals surface area contributed by atoms with Gasteiger partial charge in [-0.05, 0) is 38.8 Å². The summed E-state index contributed by atoms with van der Waals surface area (Å²) in [6.07, 6.45) is 0. The first kappa shape index (κ1) is 13.3. The zero-order valence-electron chi connectivity index (χ0n) is 11.7. The van der Waals surface area contributed by atoms with Crippen LogP contribution in [0.25, 0.3) is 11.4 Å². The van der Waals surface area contributed by atoms with Crippen LogP contribution < -0.4 is 10.5 Å². The molecule has 0 saturated carbocycles. The summed E-state index contributed by atoms with van der Waals surface area (Å²) in [6, 6.07) is 4.47. The maximum Gasteiger partial charge on any atom is 0.321 e. The third-order valence-electron chi connectivity index (χ3n) is 2.81. The molecule has 0 aliphatic carbocycles. The number of nitrogen functional groups attached to an aromatic ring is 1. The lowest BCUT2D eigenvalue weighted by molar-refractivity contribution is 0.312. The molecule has 0 aliphatic heterocycles. The van der Waals surface area contributed by atoms with E-state index in [1.807, 2.05) is 20.8 Å². The van der Waals surface area contributed by atoms with Crippen molar-refractivity contribution in [2.45, 2.75) is 27.7 Å². The van der Waals surface area contributed by atoms with Gasteiger partial charge in [-0.3, -0.25) is 0 Å². The van der Waals surface area contributed by atoms with Gasteiger partial charge in [0, 0.05) is 5.56 Å². The Labute approximate surface area is 112 Å². The molecule has 5 heteroatoms. The van der Waals surface area contributed by atoms with E-state index in [1.165, 1.54) is 5.56 Å². The van der Waals surface area contributed by atoms with Crippen LogP contribution in [0.4, 0.5) is 5.95 Å². The van der Waals surface area contributed by atoms with Crippen molar-refractivity contribution in [2.24, 2.45) is 0 Å². The van der Waals surface area contributed by atoms with Crippen LogP contribution >= 0.6 is 0 Å². The molecule has 0 amide bonds. The number of anilines is 1. The van der Waals surface area contributed by atoms with E-state index in [1.54, 1.807) is 0 Å². The lowest BCUT2D eigenvalue weighted by Crippen LogP contribution is -2.06. The Morgan fingerprint density at radius 3 is 2.26 bits per heavy atom. The van der Waals surface area contributed by atoms with Gasteiger partial charge in [0.2, 0.25) is 5.95 Å². The molecule has 0 atom stereocenters. The number of nitrogens with two attached hydrogens (primary N) is 1. The summed E-state index contributed by atoms with van der Waals surface area (Å²) in [7, 11) is 0. The summed E-state index contributed by atoms with van der Waals surface area (Å²) in [5.41, 5.74) is 10.1. The molecule has 0 radical (unpaired) electrons. The Morgan fingerprint density at radius 2 is 1.68 bits per heavy atom. The van der Waals surface area contributed by atoms with E-state index in [0.29, 0.717) is 12.4 Å². The van der Waals surface area contributed by atoms with Gasteiger partial charge in [-0.1, -0.05) is 17.7 Å². The monoisotopic (exact) mass is 258 g/mol. The average molecular weight is 258 g/mol. The van der Waals surface area contributed by atoms with Gasteiger partial charge >= 0.3 is 6.01 Å². The first-order chi connectivity index (χ1) is 9.01. The van der Waals surface area contributed by atoms with Crippen LogP contribution in [0.3, 0.4) is 0 Å². The van der Waals surface area contributed by atoms with Crippen molar-refractivity contribution in [1.29, 1.82) is 0 Å². The third kappa shape index (κ3) is 2.81. The minimum absolute atomic E-state index is 0.174. The van der Waals surface area contributed by atoms with Gasteiger partial charge < -0.3 is 10.5 Å². The molecule has 1 heterocycles. The van der Waals surface area contributed by atoms with Crippen molar-refractivity contribution in [3.8, 4) is 17.4 Å². The molecule has 0 bridgehead atoms. The summed E-state index contributed by atoms with van der Waals surface area (Å²) < 4.78 is 5.31. The number of hydrogen-bond acceptors (Lipinski definition) is 5. The van der Waals surface area contributed by atoms with Crippen molar-refractivity contribution in [1.82, 2.24) is 15.0 Å². The van der Waals surface area contributed by atoms with Crippen LogP contribution in [0.15, 0.2) is 12.1 Å². The van der Waals surface area contributed by atoms with Gasteiger partial charge in [-0.15, -0.1) is 0 Å². The Balaban J connectivity index is 2.58. The minimum atomic E-state index is 0.174. The molecule has 0 saturated heterocycles. The second-order valence-electron chi connectivity index (χ2n) is 4.51. The molecule has 0 aliphatic rings. The fourth-order valence-electron chi connectivity index (χ4n) is 2.21. The zero-order chi connectivity index (χ0) is 14.0. The van der Waals surface area contributed by atoms with E-state index in [9.17, 15) is 0 Å². The molecular formula is C14H18N4O. The van der Waals surface area contributed by atoms with Crippen LogP contribution in [0, 0.1) is 20.8 Å². The van der Waals surface area contributed by atoms with Gasteiger partial charge in [0.1, 0.15) is 0 Å². The third-order valence-corrected chi connectivity index (χ3v) is 2.81. The van der Waals surface area contributed by atoms with Crippen LogP contribution in [0.2, 0.25) is 0 Å². The van der Waals surface area contributed by atoms with Crippen molar-refractivity contribution in [3.05, 3.63) is 28.8 Å². The van der Waals surface area contributed by atoms with Gasteiger partial charge in [-0.25, -0.2) is 0 Å². The molecule has 0 spiro atoms. The smallest absolute Gasteiger partial charge is 0.321 e. The number of rotatable bonds is 3. The van der Waals surface area contributed by atoms with Gasteiger partial charge in [0.05, 0.1) is 6.61 Å². The first-order valence-electron chi connectivity index (χ1n) is 6.23. The Bertz CT molecular complexity index is 587. The van der Waals surface area contributed by atoms with E-state index in [-0.39, 0.29) is 12.0 Å². The molecule has 5 nitrogen and oxygen atoms in total. The summed E-state index contributed by atoms with van der Waals surface area (Å²) in [4.78, 5) is 12.5. The highest BCUT2D eigenvalue weighted by Crippen LogP contribution is 2.26. The summed E-state index contributed by atoms with van der Waals surface area (Å²) in [5.74, 6) is 0.735. The van der Waals surface area contributed by atoms with Gasteiger partial charge in [0.25, 0.3) is 0 Å². The van der Waals surface area contributed by atoms with Crippen LogP contribution in [-0.4, -0.2) is 21.6 Å². The summed E-state index contributed by atoms with van der Waals surface area (Å²) >= 11 is 0. The summed E-state index contributed by atoms with van der Waals surface area (Å²) in [6.45, 7) is 8.51. The predicted molar refractivity (Wildman–Crippen MR) is 75.1 cm³/mol. The van der Waals surface area contributed by atoms with Crippen LogP contribution in [-0.2, 0) is 0 Å². The van der Waals surface area contributed by atoms with E-state index < -0.39 is 0 Å². The fourth-order valence-corrected chi connectivity index (χ4v) is 2.21. The molecule has 0 unspecified atom stereocenters. The molecule has 2 aromatic rings. The quantitative estimate of drug-likeness (QED) is 0.915. The molecule has 19 heavy (non-hydrogen) atoms. The number of aryl methyl sites for hydroxylation is 3. The molecule has 2 N–H and O–H groups in total. The molecular weight excluding hydrogens is 240 g/mol. The highest BCUT2D eigenvalue weighted by Gasteiger charge is 2.12. The largest absolute Gasteiger partial charge is 0.464 e. The number of ether oxygens (including phenoxy) is 1. The summed E-state index contributed by atoms with van der Waals surface area (Å²) in [5, 5.41) is 0. The van der Waals surface area contributed by atoms with Gasteiger partial charge in [-0.2, -0.15) is 15.0 Å². The van der Waals surface area contributed by atoms with Crippen molar-refractivity contribution < 1.29 is 4.74 Å². The van der Waals surface area contributed by atoms with Gasteiger partial charge in [0.15, 0.2) is 5.82 Å². The normalized spacial score (nSPS) is 10.5. The Kier molecular flexibility index (Phi) is 3.64. The van der Waals surface area contributed by atoms with Crippen LogP contribution in [0.1, 0.15) is 23.6 Å². The number of aromatic nitrogens is 3. The Morgan fingerprint density at radius 1 is 1.05 bits per heavy atom. The SMILES string of the molecule is CCOc1nc(N)nc(-c2c(C)cc(C)cc2C)n1. The molecule has 1 aromatic carbocycles. The lowest BCUT2D eigenvalue weighted by atomic mass is 9.99. The predicted octanol–water partition coefficient (Wildman–Crippen LogP) is 2.44. The molecule has 0 fully saturated rings. The minimum Gasteiger partial charge on any atom is -0.464 e. The van der Waals surface area contributed by atoms with Crippen molar-refractivity contribution in [3.63, 3.8) is 0 Å². The second-order valence-corrected chi connectivity index (χ2v) is 4.51. The van der Waals surface area contributed by atoms with E-state index in [4.69, 9.17) is 10.5 Å². The zero-order valence-corrected chi connectivity index (χ0v) is 11.7. The standard InChI is InChI=1S/C14H18N4O/c1-5-19-14-17-12(16-13(15)18-14)11-9(3)6-8(2)7-10(11)4/h6-7H,5H2,1-4H3,(H2,15,16,17,18). The van der Waals surface area contributed by atoms with Crippen LogP contribution in [0.5, 0.6) is 6.01 Å². The fraction of sp³-hybridized carbons (Fsp3) is 0.357. The number of benzene rings is 1. The number of hydrogen-bond donors (Lipinski definition) is 1. The van der Waals surface area contributed by atoms with Crippen molar-refractivity contribution >= 4 is 5.95 Å². The maximum absolute atomic E-state index is 5.71. The molecule has 2 rings (SSSR count). The van der Waals surface area contributed by atoms with Crippen molar-refractivity contribution in [2.75, 3.05) is 12.3 Å². The lowest BCUT2D eigenvalue weighted by Gasteiger charge is -2.11. The Hall–Kier alpha value is -2.17. The number of nitrogens with zero attached hydrogens (tertiary/aromatic N) is 3. The maximum atomic E-state index is 5.71. The first-order valence-corrected chi connectivity index (χ1v) is 6.23. The highest BCUT2D eigenvalue weighted by molar-refractivity contribution is 5.66. The van der Waals surface area contributed by atoms with E-state index in [2.05, 4.69) is 34.0 Å². The van der Waals surface area contributed by atoms with E-state index in [0.717, 1.165) is 16.7 Å².